The van der Waals surface area contributed by atoms with Gasteiger partial charge in [0.15, 0.2) is 0 Å². The van der Waals surface area contributed by atoms with Gasteiger partial charge in [0, 0.05) is 6.20 Å². The van der Waals surface area contributed by atoms with Crippen molar-refractivity contribution in [2.45, 2.75) is 6.42 Å². The van der Waals surface area contributed by atoms with Crippen molar-refractivity contribution in [2.24, 2.45) is 11.6 Å². The van der Waals surface area contributed by atoms with Crippen LogP contribution in [0.2, 0.25) is 0 Å². The number of hydrogen-bond donors (Lipinski definition) is 3. The molecule has 1 rings (SSSR count). The van der Waals surface area contributed by atoms with Gasteiger partial charge in [-0.3, -0.25) is 5.84 Å². The largest absolute Gasteiger partial charge is 0.397 e. The Morgan fingerprint density at radius 1 is 1.70 bits per heavy atom. The Morgan fingerprint density at radius 2 is 2.50 bits per heavy atom. The van der Waals surface area contributed by atoms with E-state index in [0.717, 1.165) is 12.0 Å². The Morgan fingerprint density at radius 3 is 3.00 bits per heavy atom. The predicted molar refractivity (Wildman–Crippen MR) is 41.4 cm³/mol. The van der Waals surface area contributed by atoms with Crippen molar-refractivity contribution in [3.63, 3.8) is 0 Å². The van der Waals surface area contributed by atoms with Crippen LogP contribution in [0.5, 0.6) is 0 Å². The van der Waals surface area contributed by atoms with Crippen LogP contribution in [0.4, 0.5) is 0 Å². The lowest BCUT2D eigenvalue weighted by molar-refractivity contribution is 0.945. The maximum Gasteiger partial charge on any atom is 0.0523 e. The first-order chi connectivity index (χ1) is 4.84. The Labute approximate surface area is 60.1 Å². The quantitative estimate of drug-likeness (QED) is 0.374. The Bertz CT molecular complexity index is 201. The summed E-state index contributed by atoms with van der Waals surface area (Å²) in [6.45, 7) is 0. The molecule has 3 nitrogen and oxygen atoms in total. The molecule has 0 bridgehead atoms. The standard InChI is InChI=1S/C7H11N3/c8-7(5-10-9)6-3-1-2-4-6/h1-3,5,10H,4,8-9H2/b7-5-. The third-order valence-electron chi connectivity index (χ3n) is 1.38. The average Bonchev–Trinajstić information content (AvgIpc) is 2.38. The first kappa shape index (κ1) is 6.89. The fourth-order valence-corrected chi connectivity index (χ4v) is 0.844. The molecule has 0 atom stereocenters. The van der Waals surface area contributed by atoms with Crippen molar-refractivity contribution in [1.82, 2.24) is 5.43 Å². The maximum atomic E-state index is 5.60. The second-order valence-corrected chi connectivity index (χ2v) is 2.09. The van der Waals surface area contributed by atoms with E-state index in [4.69, 9.17) is 11.6 Å². The van der Waals surface area contributed by atoms with Crippen molar-refractivity contribution in [2.75, 3.05) is 0 Å². The monoisotopic (exact) mass is 137 g/mol. The molecule has 0 saturated heterocycles. The van der Waals surface area contributed by atoms with E-state index in [9.17, 15) is 0 Å². The van der Waals surface area contributed by atoms with Crippen LogP contribution in [0.1, 0.15) is 6.42 Å². The molecule has 0 radical (unpaired) electrons. The third kappa shape index (κ3) is 1.39. The lowest BCUT2D eigenvalue weighted by atomic mass is 10.2. The van der Waals surface area contributed by atoms with Gasteiger partial charge in [0.1, 0.15) is 0 Å². The summed E-state index contributed by atoms with van der Waals surface area (Å²) >= 11 is 0. The van der Waals surface area contributed by atoms with Crippen LogP contribution in [0.25, 0.3) is 0 Å². The smallest absolute Gasteiger partial charge is 0.0523 e. The van der Waals surface area contributed by atoms with Gasteiger partial charge >= 0.3 is 0 Å². The number of allylic oxidation sites excluding steroid dienone is 4. The Balaban J connectivity index is 2.58. The average molecular weight is 137 g/mol. The number of rotatable bonds is 2. The molecule has 10 heavy (non-hydrogen) atoms. The SMILES string of the molecule is NN/C=C(\N)C1=CC=CC1. The van der Waals surface area contributed by atoms with Gasteiger partial charge in [-0.15, -0.1) is 0 Å². The molecule has 0 fully saturated rings. The molecule has 0 aliphatic heterocycles. The van der Waals surface area contributed by atoms with Gasteiger partial charge in [0.2, 0.25) is 0 Å². The van der Waals surface area contributed by atoms with Gasteiger partial charge in [-0.25, -0.2) is 0 Å². The fraction of sp³-hybridized carbons (Fsp3) is 0.143. The minimum absolute atomic E-state index is 0.701. The Kier molecular flexibility index (Phi) is 2.12. The summed E-state index contributed by atoms with van der Waals surface area (Å²) in [6.07, 6.45) is 8.49. The minimum Gasteiger partial charge on any atom is -0.397 e. The van der Waals surface area contributed by atoms with Gasteiger partial charge in [0.05, 0.1) is 5.70 Å². The molecule has 0 aromatic carbocycles. The highest BCUT2D eigenvalue weighted by molar-refractivity contribution is 5.37. The molecule has 0 spiro atoms. The summed E-state index contributed by atoms with van der Waals surface area (Å²) in [5, 5.41) is 0. The van der Waals surface area contributed by atoms with Crippen molar-refractivity contribution in [3.05, 3.63) is 35.7 Å². The lowest BCUT2D eigenvalue weighted by Gasteiger charge is -2.00. The first-order valence-electron chi connectivity index (χ1n) is 3.12. The number of hydrazine groups is 1. The van der Waals surface area contributed by atoms with Gasteiger partial charge in [-0.1, -0.05) is 18.2 Å². The van der Waals surface area contributed by atoms with Gasteiger partial charge < -0.3 is 11.2 Å². The van der Waals surface area contributed by atoms with Crippen LogP contribution in [-0.2, 0) is 0 Å². The van der Waals surface area contributed by atoms with E-state index in [-0.39, 0.29) is 0 Å². The zero-order chi connectivity index (χ0) is 7.40. The van der Waals surface area contributed by atoms with E-state index in [2.05, 4.69) is 5.43 Å². The highest BCUT2D eigenvalue weighted by atomic mass is 15.2. The molecule has 3 heteroatoms. The molecule has 5 N–H and O–H groups in total. The predicted octanol–water partition coefficient (Wildman–Crippen LogP) is 0.136. The van der Waals surface area contributed by atoms with E-state index in [0.29, 0.717) is 5.70 Å². The number of nitrogens with two attached hydrogens (primary N) is 2. The Hall–Kier alpha value is -1.22. The number of hydrogen-bond acceptors (Lipinski definition) is 3. The summed E-state index contributed by atoms with van der Waals surface area (Å²) in [5.74, 6) is 5.04. The molecule has 1 aliphatic rings. The highest BCUT2D eigenvalue weighted by Crippen LogP contribution is 2.14. The second-order valence-electron chi connectivity index (χ2n) is 2.09. The van der Waals surface area contributed by atoms with Crippen LogP contribution in [0.3, 0.4) is 0 Å². The summed E-state index contributed by atoms with van der Waals surface area (Å²) in [7, 11) is 0. The van der Waals surface area contributed by atoms with Crippen molar-refractivity contribution < 1.29 is 0 Å². The summed E-state index contributed by atoms with van der Waals surface area (Å²) < 4.78 is 0. The second kappa shape index (κ2) is 3.08. The highest BCUT2D eigenvalue weighted by Gasteiger charge is 2.00. The van der Waals surface area contributed by atoms with Gasteiger partial charge in [-0.2, -0.15) is 0 Å². The van der Waals surface area contributed by atoms with Crippen LogP contribution in [0, 0.1) is 0 Å². The van der Waals surface area contributed by atoms with E-state index < -0.39 is 0 Å². The van der Waals surface area contributed by atoms with Gasteiger partial charge in [-0.05, 0) is 12.0 Å². The first-order valence-corrected chi connectivity index (χ1v) is 3.12. The van der Waals surface area contributed by atoms with Crippen molar-refractivity contribution >= 4 is 0 Å². The summed E-state index contributed by atoms with van der Waals surface area (Å²) in [4.78, 5) is 0. The van der Waals surface area contributed by atoms with E-state index in [1.165, 1.54) is 0 Å². The molecule has 0 aromatic rings. The molecule has 1 aliphatic carbocycles. The molecule has 0 amide bonds. The van der Waals surface area contributed by atoms with Crippen molar-refractivity contribution in [3.8, 4) is 0 Å². The zero-order valence-corrected chi connectivity index (χ0v) is 5.67. The van der Waals surface area contributed by atoms with E-state index in [1.807, 2.05) is 18.2 Å². The lowest BCUT2D eigenvalue weighted by Crippen LogP contribution is -2.17. The molecular formula is C7H11N3. The molecule has 0 aromatic heterocycles. The maximum absolute atomic E-state index is 5.60. The van der Waals surface area contributed by atoms with Crippen LogP contribution in [0.15, 0.2) is 35.7 Å². The van der Waals surface area contributed by atoms with Crippen LogP contribution < -0.4 is 17.0 Å². The van der Waals surface area contributed by atoms with Gasteiger partial charge in [0.25, 0.3) is 0 Å². The van der Waals surface area contributed by atoms with E-state index >= 15 is 0 Å². The van der Waals surface area contributed by atoms with E-state index in [1.54, 1.807) is 6.20 Å². The van der Waals surface area contributed by atoms with Crippen molar-refractivity contribution in [1.29, 1.82) is 0 Å². The molecule has 54 valence electrons. The third-order valence-corrected chi connectivity index (χ3v) is 1.38. The minimum atomic E-state index is 0.701. The normalized spacial score (nSPS) is 17.3. The zero-order valence-electron chi connectivity index (χ0n) is 5.67. The summed E-state index contributed by atoms with van der Waals surface area (Å²) in [5.41, 5.74) is 9.80. The fourth-order valence-electron chi connectivity index (χ4n) is 0.844. The number of nitrogens with one attached hydrogen (secondary N) is 1. The molecule has 0 heterocycles. The van der Waals surface area contributed by atoms with Crippen LogP contribution in [-0.4, -0.2) is 0 Å². The molecular weight excluding hydrogens is 126 g/mol. The van der Waals surface area contributed by atoms with Crippen LogP contribution >= 0.6 is 0 Å². The summed E-state index contributed by atoms with van der Waals surface area (Å²) in [6, 6.07) is 0. The molecule has 0 unspecified atom stereocenters. The molecule has 0 saturated carbocycles. The topological polar surface area (TPSA) is 64.1 Å².